The molecule has 3 nitrogen and oxygen atoms in total. The Morgan fingerprint density at radius 1 is 1.67 bits per heavy atom. The fourth-order valence-electron chi connectivity index (χ4n) is 1.62. The molecule has 1 heterocycles. The first-order valence-electron chi connectivity index (χ1n) is 4.51. The molecule has 0 bridgehead atoms. The number of aliphatic hydroxyl groups excluding tert-OH is 1. The van der Waals surface area contributed by atoms with Crippen LogP contribution in [0, 0.1) is 0 Å². The Morgan fingerprint density at radius 3 is 2.92 bits per heavy atom. The zero-order valence-electron chi connectivity index (χ0n) is 7.27. The lowest BCUT2D eigenvalue weighted by Crippen LogP contribution is -2.28. The van der Waals surface area contributed by atoms with Crippen LogP contribution in [0.5, 0.6) is 0 Å². The van der Waals surface area contributed by atoms with Gasteiger partial charge in [0.1, 0.15) is 0 Å². The number of rotatable bonds is 2. The van der Waals surface area contributed by atoms with Gasteiger partial charge in [-0.25, -0.2) is 0 Å². The molecule has 1 aromatic rings. The summed E-state index contributed by atoms with van der Waals surface area (Å²) in [7, 11) is 0. The van der Waals surface area contributed by atoms with Crippen molar-refractivity contribution < 1.29 is 5.11 Å². The van der Waals surface area contributed by atoms with E-state index in [0.717, 1.165) is 19.4 Å². The maximum atomic E-state index is 9.41. The molecule has 2 rings (SSSR count). The Labute approximate surface area is 72.0 Å². The van der Waals surface area contributed by atoms with Crippen LogP contribution in [0.2, 0.25) is 0 Å². The van der Waals surface area contributed by atoms with Gasteiger partial charge in [0.25, 0.3) is 0 Å². The van der Waals surface area contributed by atoms with E-state index < -0.39 is 0 Å². The number of hydrogen-bond donors (Lipinski definition) is 1. The van der Waals surface area contributed by atoms with Crippen LogP contribution in [-0.4, -0.2) is 21.0 Å². The van der Waals surface area contributed by atoms with Crippen LogP contribution >= 0.6 is 0 Å². The summed E-state index contributed by atoms with van der Waals surface area (Å²) in [6, 6.07) is 0. The van der Waals surface area contributed by atoms with Crippen molar-refractivity contribution in [3.05, 3.63) is 18.0 Å². The minimum atomic E-state index is -0.125. The Kier molecular flexibility index (Phi) is 1.89. The average molecular weight is 166 g/mol. The summed E-state index contributed by atoms with van der Waals surface area (Å²) in [5, 5.41) is 13.6. The number of hydrogen-bond acceptors (Lipinski definition) is 2. The summed E-state index contributed by atoms with van der Waals surface area (Å²) in [5.74, 6) is 0.352. The van der Waals surface area contributed by atoms with Crippen LogP contribution in [-0.2, 0) is 6.54 Å². The topological polar surface area (TPSA) is 38.0 Å². The van der Waals surface area contributed by atoms with Gasteiger partial charge in [0, 0.05) is 18.7 Å². The summed E-state index contributed by atoms with van der Waals surface area (Å²) >= 11 is 0. The fourth-order valence-corrected chi connectivity index (χ4v) is 1.62. The molecular formula is C9H14N2O. The second kappa shape index (κ2) is 2.90. The molecule has 0 saturated heterocycles. The first kappa shape index (κ1) is 7.80. The smallest absolute Gasteiger partial charge is 0.0610 e. The lowest BCUT2D eigenvalue weighted by Gasteiger charge is -2.31. The lowest BCUT2D eigenvalue weighted by molar-refractivity contribution is 0.0661. The van der Waals surface area contributed by atoms with E-state index in [9.17, 15) is 5.11 Å². The van der Waals surface area contributed by atoms with Crippen LogP contribution in [0.3, 0.4) is 0 Å². The van der Waals surface area contributed by atoms with Crippen LogP contribution in [0.1, 0.15) is 31.2 Å². The number of aliphatic hydroxyl groups is 1. The summed E-state index contributed by atoms with van der Waals surface area (Å²) in [6.07, 6.45) is 5.83. The van der Waals surface area contributed by atoms with Crippen molar-refractivity contribution in [2.45, 2.75) is 38.3 Å². The van der Waals surface area contributed by atoms with Gasteiger partial charge in [0.05, 0.1) is 12.3 Å². The maximum absolute atomic E-state index is 9.41. The van der Waals surface area contributed by atoms with Gasteiger partial charge >= 0.3 is 0 Å². The fraction of sp³-hybridized carbons (Fsp3) is 0.667. The Balaban J connectivity index is 2.12. The molecular weight excluding hydrogens is 152 g/mol. The van der Waals surface area contributed by atoms with E-state index >= 15 is 0 Å². The summed E-state index contributed by atoms with van der Waals surface area (Å²) in [4.78, 5) is 0. The van der Waals surface area contributed by atoms with Crippen molar-refractivity contribution in [3.63, 3.8) is 0 Å². The van der Waals surface area contributed by atoms with Crippen molar-refractivity contribution in [2.75, 3.05) is 0 Å². The molecule has 2 unspecified atom stereocenters. The third-order valence-corrected chi connectivity index (χ3v) is 2.64. The highest BCUT2D eigenvalue weighted by atomic mass is 16.3. The first-order valence-corrected chi connectivity index (χ1v) is 4.51. The summed E-state index contributed by atoms with van der Waals surface area (Å²) in [5.41, 5.74) is 1.19. The summed E-state index contributed by atoms with van der Waals surface area (Å²) < 4.78 is 1.90. The van der Waals surface area contributed by atoms with Gasteiger partial charge in [0.2, 0.25) is 0 Å². The van der Waals surface area contributed by atoms with E-state index in [0.29, 0.717) is 5.92 Å². The van der Waals surface area contributed by atoms with Crippen LogP contribution in [0.25, 0.3) is 0 Å². The van der Waals surface area contributed by atoms with Crippen LogP contribution in [0.4, 0.5) is 0 Å². The minimum Gasteiger partial charge on any atom is -0.392 e. The predicted octanol–water partition coefficient (Wildman–Crippen LogP) is 1.14. The molecule has 0 spiro atoms. The molecule has 1 aromatic heterocycles. The highest BCUT2D eigenvalue weighted by molar-refractivity contribution is 5.16. The number of aromatic nitrogens is 2. The molecule has 0 aliphatic heterocycles. The lowest BCUT2D eigenvalue weighted by atomic mass is 9.78. The standard InChI is InChI=1S/C9H14N2O/c1-2-11-6-7(5-10-11)8-3-4-9(8)12/h5-6,8-9,12H,2-4H2,1H3. The van der Waals surface area contributed by atoms with Gasteiger partial charge in [0.15, 0.2) is 0 Å². The van der Waals surface area contributed by atoms with Gasteiger partial charge < -0.3 is 5.11 Å². The predicted molar refractivity (Wildman–Crippen MR) is 45.9 cm³/mol. The van der Waals surface area contributed by atoms with Crippen molar-refractivity contribution in [3.8, 4) is 0 Å². The Morgan fingerprint density at radius 2 is 2.50 bits per heavy atom. The largest absolute Gasteiger partial charge is 0.392 e. The molecule has 1 aliphatic carbocycles. The van der Waals surface area contributed by atoms with Crippen molar-refractivity contribution >= 4 is 0 Å². The van der Waals surface area contributed by atoms with E-state index in [4.69, 9.17) is 0 Å². The highest BCUT2D eigenvalue weighted by Gasteiger charge is 2.30. The van der Waals surface area contributed by atoms with Crippen molar-refractivity contribution in [2.24, 2.45) is 0 Å². The quantitative estimate of drug-likeness (QED) is 0.715. The molecule has 1 aliphatic rings. The maximum Gasteiger partial charge on any atom is 0.0610 e. The number of nitrogens with zero attached hydrogens (tertiary/aromatic N) is 2. The van der Waals surface area contributed by atoms with Gasteiger partial charge in [-0.1, -0.05) is 0 Å². The second-order valence-corrected chi connectivity index (χ2v) is 3.38. The Bertz CT molecular complexity index is 269. The van der Waals surface area contributed by atoms with E-state index in [1.54, 1.807) is 0 Å². The number of aryl methyl sites for hydroxylation is 1. The second-order valence-electron chi connectivity index (χ2n) is 3.38. The van der Waals surface area contributed by atoms with Gasteiger partial charge in [-0.15, -0.1) is 0 Å². The third kappa shape index (κ3) is 1.14. The van der Waals surface area contributed by atoms with Crippen molar-refractivity contribution in [1.82, 2.24) is 9.78 Å². The molecule has 3 heteroatoms. The Hall–Kier alpha value is -0.830. The zero-order valence-corrected chi connectivity index (χ0v) is 7.27. The van der Waals surface area contributed by atoms with E-state index in [2.05, 4.69) is 12.0 Å². The first-order chi connectivity index (χ1) is 5.81. The van der Waals surface area contributed by atoms with E-state index in [-0.39, 0.29) is 6.10 Å². The SMILES string of the molecule is CCn1cc(C2CCC2O)cn1. The van der Waals surface area contributed by atoms with E-state index in [1.165, 1.54) is 5.56 Å². The molecule has 1 fully saturated rings. The molecule has 0 radical (unpaired) electrons. The molecule has 12 heavy (non-hydrogen) atoms. The van der Waals surface area contributed by atoms with Gasteiger partial charge in [-0.2, -0.15) is 5.10 Å². The monoisotopic (exact) mass is 166 g/mol. The molecule has 2 atom stereocenters. The molecule has 1 N–H and O–H groups in total. The van der Waals surface area contributed by atoms with Crippen molar-refractivity contribution in [1.29, 1.82) is 0 Å². The summed E-state index contributed by atoms with van der Waals surface area (Å²) in [6.45, 7) is 2.97. The van der Waals surface area contributed by atoms with Gasteiger partial charge in [-0.3, -0.25) is 4.68 Å². The van der Waals surface area contributed by atoms with Gasteiger partial charge in [-0.05, 0) is 25.3 Å². The van der Waals surface area contributed by atoms with Crippen LogP contribution < -0.4 is 0 Å². The third-order valence-electron chi connectivity index (χ3n) is 2.64. The minimum absolute atomic E-state index is 0.125. The molecule has 0 aromatic carbocycles. The normalized spacial score (nSPS) is 28.5. The highest BCUT2D eigenvalue weighted by Crippen LogP contribution is 2.36. The van der Waals surface area contributed by atoms with Crippen LogP contribution in [0.15, 0.2) is 12.4 Å². The van der Waals surface area contributed by atoms with E-state index in [1.807, 2.05) is 17.1 Å². The zero-order chi connectivity index (χ0) is 8.55. The molecule has 66 valence electrons. The molecule has 0 amide bonds. The molecule has 1 saturated carbocycles. The average Bonchev–Trinajstić information content (AvgIpc) is 2.50.